The molecule has 1 aromatic heterocycles. The number of benzene rings is 1. The third-order valence-corrected chi connectivity index (χ3v) is 7.66. The first-order valence-corrected chi connectivity index (χ1v) is 11.5. The van der Waals surface area contributed by atoms with Crippen molar-refractivity contribution in [3.63, 3.8) is 0 Å². The minimum absolute atomic E-state index is 0.252. The van der Waals surface area contributed by atoms with Crippen molar-refractivity contribution in [2.24, 2.45) is 17.4 Å². The van der Waals surface area contributed by atoms with Crippen molar-refractivity contribution in [3.05, 3.63) is 40.8 Å². The van der Waals surface area contributed by atoms with Gasteiger partial charge in [-0.25, -0.2) is 4.79 Å². The van der Waals surface area contributed by atoms with Crippen LogP contribution in [0.2, 0.25) is 0 Å². The summed E-state index contributed by atoms with van der Waals surface area (Å²) < 4.78 is 19.4. The molecule has 0 saturated carbocycles. The average molecular weight is 425 g/mol. The Kier molecular flexibility index (Phi) is 6.26. The second kappa shape index (κ2) is 8.50. The predicted octanol–water partition coefficient (Wildman–Crippen LogP) is 2.86. The molecule has 152 valence electrons. The summed E-state index contributed by atoms with van der Waals surface area (Å²) in [4.78, 5) is 23.7. The number of nitrogens with two attached hydrogens (primary N) is 2. The number of nitrogens with one attached hydrogen (secondary N) is 2. The topological polar surface area (TPSA) is 151 Å². The van der Waals surface area contributed by atoms with Gasteiger partial charge < -0.3 is 22.1 Å². The second-order valence-corrected chi connectivity index (χ2v) is 10.3. The van der Waals surface area contributed by atoms with E-state index >= 15 is 0 Å². The van der Waals surface area contributed by atoms with E-state index < -0.39 is 22.5 Å². The molecular weight excluding hydrogens is 400 g/mol. The van der Waals surface area contributed by atoms with Gasteiger partial charge in [-0.2, -0.15) is 10.6 Å². The molecule has 1 atom stereocenters. The molecular formula is C18H24N4O4S2. The number of thiophene rings is 1. The summed E-state index contributed by atoms with van der Waals surface area (Å²) in [5.74, 6) is 0.679. The molecule has 0 radical (unpaired) electrons. The highest BCUT2D eigenvalue weighted by molar-refractivity contribution is 8.24. The molecule has 10 heteroatoms. The Labute approximate surface area is 168 Å². The lowest BCUT2D eigenvalue weighted by atomic mass is 10.1. The minimum Gasteiger partial charge on any atom is -0.365 e. The third-order valence-electron chi connectivity index (χ3n) is 4.57. The molecule has 1 unspecified atom stereocenters. The van der Waals surface area contributed by atoms with Crippen LogP contribution in [0.5, 0.6) is 0 Å². The zero-order chi connectivity index (χ0) is 20.3. The van der Waals surface area contributed by atoms with Crippen molar-refractivity contribution >= 4 is 39.6 Å². The van der Waals surface area contributed by atoms with E-state index in [4.69, 9.17) is 11.5 Å². The predicted molar refractivity (Wildman–Crippen MR) is 114 cm³/mol. The van der Waals surface area contributed by atoms with Crippen LogP contribution in [0.1, 0.15) is 21.7 Å². The maximum atomic E-state index is 11.6. The van der Waals surface area contributed by atoms with Gasteiger partial charge in [0.2, 0.25) is 0 Å². The molecule has 1 aliphatic heterocycles. The normalized spacial score (nSPS) is 19.3. The number of anilines is 1. The molecule has 28 heavy (non-hydrogen) atoms. The van der Waals surface area contributed by atoms with E-state index in [2.05, 4.69) is 10.6 Å². The third kappa shape index (κ3) is 5.24. The summed E-state index contributed by atoms with van der Waals surface area (Å²) in [6.07, 6.45) is 0.844. The van der Waals surface area contributed by atoms with Crippen LogP contribution in [-0.2, 0) is 6.54 Å². The fraction of sp³-hybridized carbons (Fsp3) is 0.333. The highest BCUT2D eigenvalue weighted by Gasteiger charge is 2.27. The summed E-state index contributed by atoms with van der Waals surface area (Å²) in [7, 11) is -2.35. The Morgan fingerprint density at radius 1 is 1.21 bits per heavy atom. The Balaban J connectivity index is 1.61. The van der Waals surface area contributed by atoms with Crippen molar-refractivity contribution in [1.82, 2.24) is 5.32 Å². The highest BCUT2D eigenvalue weighted by atomic mass is 32.3. The molecule has 0 bridgehead atoms. The quantitative estimate of drug-likeness (QED) is 0.404. The fourth-order valence-electron chi connectivity index (χ4n) is 3.21. The molecule has 8 nitrogen and oxygen atoms in total. The van der Waals surface area contributed by atoms with E-state index in [0.717, 1.165) is 29.0 Å². The summed E-state index contributed by atoms with van der Waals surface area (Å²) in [5, 5.41) is 5.78. The smallest absolute Gasteiger partial charge is 0.316 e. The molecule has 1 fully saturated rings. The lowest BCUT2D eigenvalue weighted by Crippen LogP contribution is -2.22. The van der Waals surface area contributed by atoms with Gasteiger partial charge in [-0.15, -0.1) is 11.3 Å². The monoisotopic (exact) mass is 424 g/mol. The van der Waals surface area contributed by atoms with E-state index in [9.17, 15) is 18.7 Å². The number of primary amides is 2. The number of urea groups is 1. The summed E-state index contributed by atoms with van der Waals surface area (Å²) in [5.41, 5.74) is 12.8. The molecule has 1 aromatic carbocycles. The lowest BCUT2D eigenvalue weighted by molar-refractivity contribution is 0.100. The van der Waals surface area contributed by atoms with E-state index in [1.54, 1.807) is 6.07 Å². The van der Waals surface area contributed by atoms with Crippen LogP contribution in [0, 0.1) is 5.92 Å². The van der Waals surface area contributed by atoms with Crippen molar-refractivity contribution in [1.29, 1.82) is 0 Å². The second-order valence-electron chi connectivity index (χ2n) is 6.86. The molecule has 2 heterocycles. The van der Waals surface area contributed by atoms with Crippen molar-refractivity contribution in [2.75, 3.05) is 23.4 Å². The van der Waals surface area contributed by atoms with E-state index in [1.807, 2.05) is 24.3 Å². The van der Waals surface area contributed by atoms with Crippen LogP contribution in [0.3, 0.4) is 0 Å². The first-order valence-electron chi connectivity index (χ1n) is 8.77. The van der Waals surface area contributed by atoms with Crippen LogP contribution in [-0.4, -0.2) is 39.1 Å². The van der Waals surface area contributed by atoms with Gasteiger partial charge in [0, 0.05) is 22.9 Å². The van der Waals surface area contributed by atoms with Crippen LogP contribution in [0.15, 0.2) is 30.3 Å². The molecule has 0 spiro atoms. The van der Waals surface area contributed by atoms with Gasteiger partial charge in [0.1, 0.15) is 4.88 Å². The zero-order valence-corrected chi connectivity index (χ0v) is 16.8. The number of amides is 3. The summed E-state index contributed by atoms with van der Waals surface area (Å²) in [6.45, 7) is 1.44. The molecule has 1 saturated heterocycles. The van der Waals surface area contributed by atoms with Crippen LogP contribution >= 0.6 is 21.9 Å². The average Bonchev–Trinajstić information content (AvgIpc) is 3.18. The Morgan fingerprint density at radius 3 is 2.50 bits per heavy atom. The fourth-order valence-corrected chi connectivity index (χ4v) is 6.10. The number of carbonyl (C=O) groups excluding carboxylic acids is 2. The Morgan fingerprint density at radius 2 is 1.93 bits per heavy atom. The molecule has 2 aromatic rings. The number of hydrogen-bond acceptors (Lipinski definition) is 6. The summed E-state index contributed by atoms with van der Waals surface area (Å²) in [6, 6.07) is 8.77. The molecule has 3 amide bonds. The highest BCUT2D eigenvalue weighted by Crippen LogP contribution is 2.48. The standard InChI is InChI=1S/C18H24N4O4S2/c19-17(23)16-14(22-18(20)24)7-15(27-16)13-3-1-11(2-4-13)8-21-9-12-5-6-28(25,26)10-12/h1-4,7,12,21,25-26H,5-6,8-10H2,(H2,19,23)(H3,20,22,24). The van der Waals surface area contributed by atoms with Crippen molar-refractivity contribution in [2.45, 2.75) is 13.0 Å². The lowest BCUT2D eigenvalue weighted by Gasteiger charge is -2.26. The molecule has 1 aliphatic rings. The number of hydrogen-bond donors (Lipinski definition) is 6. The SMILES string of the molecule is NC(=O)Nc1cc(-c2ccc(CNCC3CCS(O)(O)C3)cc2)sc1C(N)=O. The maximum Gasteiger partial charge on any atom is 0.316 e. The van der Waals surface area contributed by atoms with Gasteiger partial charge in [0.05, 0.1) is 5.69 Å². The Hall–Kier alpha value is -2.11. The minimum atomic E-state index is -2.35. The molecule has 3 rings (SSSR count). The van der Waals surface area contributed by atoms with Crippen LogP contribution in [0.25, 0.3) is 10.4 Å². The molecule has 0 aliphatic carbocycles. The molecule has 8 N–H and O–H groups in total. The number of rotatable bonds is 7. The van der Waals surface area contributed by atoms with Gasteiger partial charge in [-0.3, -0.25) is 13.9 Å². The van der Waals surface area contributed by atoms with E-state index in [1.165, 1.54) is 11.3 Å². The van der Waals surface area contributed by atoms with E-state index in [0.29, 0.717) is 29.7 Å². The van der Waals surface area contributed by atoms with Crippen LogP contribution < -0.4 is 22.1 Å². The van der Waals surface area contributed by atoms with Gasteiger partial charge in [0.15, 0.2) is 0 Å². The Bertz CT molecular complexity index is 867. The number of carbonyl (C=O) groups is 2. The largest absolute Gasteiger partial charge is 0.365 e. The summed E-state index contributed by atoms with van der Waals surface area (Å²) >= 11 is 1.20. The van der Waals surface area contributed by atoms with Gasteiger partial charge in [0.25, 0.3) is 5.91 Å². The van der Waals surface area contributed by atoms with Gasteiger partial charge >= 0.3 is 6.03 Å². The van der Waals surface area contributed by atoms with Gasteiger partial charge in [-0.05, 0) is 36.1 Å². The first-order chi connectivity index (χ1) is 13.2. The van der Waals surface area contributed by atoms with Crippen molar-refractivity contribution < 1.29 is 18.7 Å². The van der Waals surface area contributed by atoms with E-state index in [-0.39, 0.29) is 4.88 Å². The van der Waals surface area contributed by atoms with Crippen molar-refractivity contribution in [3.8, 4) is 10.4 Å². The maximum absolute atomic E-state index is 11.6. The van der Waals surface area contributed by atoms with Gasteiger partial charge in [-0.1, -0.05) is 24.3 Å². The first kappa shape index (κ1) is 20.6. The zero-order valence-electron chi connectivity index (χ0n) is 15.2. The van der Waals surface area contributed by atoms with Crippen LogP contribution in [0.4, 0.5) is 10.5 Å².